The molecule has 1 aliphatic heterocycles. The highest BCUT2D eigenvalue weighted by Gasteiger charge is 2.33. The largest absolute Gasteiger partial charge is 0.471 e. The number of carbonyl (C=O) groups is 1. The number of aromatic nitrogens is 1. The summed E-state index contributed by atoms with van der Waals surface area (Å²) in [6, 6.07) is 13.2. The van der Waals surface area contributed by atoms with Gasteiger partial charge in [-0.15, -0.1) is 0 Å². The lowest BCUT2D eigenvalue weighted by Gasteiger charge is -2.38. The molecule has 5 nitrogen and oxygen atoms in total. The predicted octanol–water partition coefficient (Wildman–Crippen LogP) is 3.15. The summed E-state index contributed by atoms with van der Waals surface area (Å²) in [4.78, 5) is 18.3. The first-order chi connectivity index (χ1) is 11.9. The SMILES string of the molecule is CC(C)(C)c1ccc(C(=O)N2CC(Oc3ccc(C#N)cn3)C2)cc1. The lowest BCUT2D eigenvalue weighted by Crippen LogP contribution is -2.56. The molecule has 0 unspecified atom stereocenters. The van der Waals surface area contributed by atoms with E-state index < -0.39 is 0 Å². The highest BCUT2D eigenvalue weighted by atomic mass is 16.5. The molecule has 0 radical (unpaired) electrons. The Hall–Kier alpha value is -2.87. The number of hydrogen-bond donors (Lipinski definition) is 0. The molecular weight excluding hydrogens is 314 g/mol. The van der Waals surface area contributed by atoms with E-state index >= 15 is 0 Å². The quantitative estimate of drug-likeness (QED) is 0.864. The second kappa shape index (κ2) is 6.56. The minimum Gasteiger partial charge on any atom is -0.471 e. The summed E-state index contributed by atoms with van der Waals surface area (Å²) >= 11 is 0. The number of amides is 1. The highest BCUT2D eigenvalue weighted by molar-refractivity contribution is 5.94. The summed E-state index contributed by atoms with van der Waals surface area (Å²) in [5.41, 5.74) is 2.48. The van der Waals surface area contributed by atoms with Crippen molar-refractivity contribution in [1.29, 1.82) is 5.26 Å². The molecule has 1 fully saturated rings. The molecule has 25 heavy (non-hydrogen) atoms. The van der Waals surface area contributed by atoms with E-state index in [1.54, 1.807) is 17.0 Å². The Bertz CT molecular complexity index is 793. The summed E-state index contributed by atoms with van der Waals surface area (Å²) in [7, 11) is 0. The van der Waals surface area contributed by atoms with Crippen LogP contribution in [-0.2, 0) is 5.41 Å². The summed E-state index contributed by atoms with van der Waals surface area (Å²) in [6.07, 6.45) is 1.42. The molecule has 1 aromatic carbocycles. The van der Waals surface area contributed by atoms with Crippen molar-refractivity contribution in [3.05, 3.63) is 59.3 Å². The van der Waals surface area contributed by atoms with Crippen LogP contribution in [0.5, 0.6) is 5.88 Å². The van der Waals surface area contributed by atoms with Gasteiger partial charge in [-0.05, 0) is 29.2 Å². The van der Waals surface area contributed by atoms with Crippen molar-refractivity contribution < 1.29 is 9.53 Å². The molecule has 1 aromatic heterocycles. The van der Waals surface area contributed by atoms with Crippen molar-refractivity contribution in [2.45, 2.75) is 32.3 Å². The molecule has 0 spiro atoms. The summed E-state index contributed by atoms with van der Waals surface area (Å²) < 4.78 is 5.72. The molecule has 0 N–H and O–H groups in total. The van der Waals surface area contributed by atoms with Crippen LogP contribution in [0.3, 0.4) is 0 Å². The Morgan fingerprint density at radius 2 is 1.88 bits per heavy atom. The zero-order chi connectivity index (χ0) is 18.0. The molecule has 2 aromatic rings. The van der Waals surface area contributed by atoms with E-state index in [4.69, 9.17) is 10.00 Å². The summed E-state index contributed by atoms with van der Waals surface area (Å²) in [6.45, 7) is 7.54. The van der Waals surface area contributed by atoms with Gasteiger partial charge in [0.15, 0.2) is 0 Å². The van der Waals surface area contributed by atoms with Gasteiger partial charge in [-0.3, -0.25) is 4.79 Å². The molecule has 1 aliphatic rings. The normalized spacial score (nSPS) is 14.6. The fraction of sp³-hybridized carbons (Fsp3) is 0.350. The van der Waals surface area contributed by atoms with Gasteiger partial charge in [-0.1, -0.05) is 32.9 Å². The summed E-state index contributed by atoms with van der Waals surface area (Å²) in [5, 5.41) is 8.76. The van der Waals surface area contributed by atoms with E-state index in [1.807, 2.05) is 30.3 Å². The van der Waals surface area contributed by atoms with Gasteiger partial charge in [0.05, 0.1) is 18.7 Å². The maximum atomic E-state index is 12.5. The lowest BCUT2D eigenvalue weighted by molar-refractivity contribution is 0.0160. The van der Waals surface area contributed by atoms with Crippen LogP contribution < -0.4 is 4.74 Å². The maximum Gasteiger partial charge on any atom is 0.254 e. The molecular formula is C20H21N3O2. The number of benzene rings is 1. The van der Waals surface area contributed by atoms with E-state index in [0.717, 1.165) is 0 Å². The van der Waals surface area contributed by atoms with Crippen LogP contribution in [0, 0.1) is 11.3 Å². The van der Waals surface area contributed by atoms with Crippen LogP contribution in [0.4, 0.5) is 0 Å². The topological polar surface area (TPSA) is 66.2 Å². The van der Waals surface area contributed by atoms with Crippen LogP contribution in [0.25, 0.3) is 0 Å². The van der Waals surface area contributed by atoms with Crippen molar-refractivity contribution in [3.8, 4) is 11.9 Å². The second-order valence-corrected chi connectivity index (χ2v) is 7.27. The number of ether oxygens (including phenoxy) is 1. The smallest absolute Gasteiger partial charge is 0.254 e. The second-order valence-electron chi connectivity index (χ2n) is 7.27. The third-order valence-corrected chi connectivity index (χ3v) is 4.29. The monoisotopic (exact) mass is 335 g/mol. The zero-order valence-corrected chi connectivity index (χ0v) is 14.7. The molecule has 0 atom stereocenters. The van der Waals surface area contributed by atoms with Crippen LogP contribution >= 0.6 is 0 Å². The van der Waals surface area contributed by atoms with Crippen LogP contribution in [0.2, 0.25) is 0 Å². The highest BCUT2D eigenvalue weighted by Crippen LogP contribution is 2.24. The fourth-order valence-corrected chi connectivity index (χ4v) is 2.66. The first-order valence-electron chi connectivity index (χ1n) is 8.29. The number of pyridine rings is 1. The number of rotatable bonds is 3. The predicted molar refractivity (Wildman–Crippen MR) is 94.4 cm³/mol. The van der Waals surface area contributed by atoms with Gasteiger partial charge in [0.2, 0.25) is 5.88 Å². The molecule has 2 heterocycles. The Balaban J connectivity index is 1.55. The molecule has 1 saturated heterocycles. The van der Waals surface area contributed by atoms with Gasteiger partial charge in [0.25, 0.3) is 5.91 Å². The molecule has 128 valence electrons. The van der Waals surface area contributed by atoms with E-state index in [-0.39, 0.29) is 17.4 Å². The Morgan fingerprint density at radius 1 is 1.20 bits per heavy atom. The summed E-state index contributed by atoms with van der Waals surface area (Å²) in [5.74, 6) is 0.499. The molecule has 5 heteroatoms. The van der Waals surface area contributed by atoms with E-state index in [1.165, 1.54) is 11.8 Å². The standard InChI is InChI=1S/C20H21N3O2/c1-20(2,3)16-7-5-15(6-8-16)19(24)23-12-17(13-23)25-18-9-4-14(10-21)11-22-18/h4-9,11,17H,12-13H2,1-3H3. The van der Waals surface area contributed by atoms with Crippen molar-refractivity contribution >= 4 is 5.91 Å². The Kier molecular flexibility index (Phi) is 4.45. The van der Waals surface area contributed by atoms with Crippen LogP contribution in [0.1, 0.15) is 42.3 Å². The Labute approximate surface area is 147 Å². The first-order valence-corrected chi connectivity index (χ1v) is 8.29. The van der Waals surface area contributed by atoms with Gasteiger partial charge < -0.3 is 9.64 Å². The van der Waals surface area contributed by atoms with Crippen LogP contribution in [-0.4, -0.2) is 35.0 Å². The van der Waals surface area contributed by atoms with Crippen molar-refractivity contribution in [3.63, 3.8) is 0 Å². The van der Waals surface area contributed by atoms with Gasteiger partial charge >= 0.3 is 0 Å². The van der Waals surface area contributed by atoms with Gasteiger partial charge in [0, 0.05) is 17.8 Å². The third kappa shape index (κ3) is 3.80. The van der Waals surface area contributed by atoms with Gasteiger partial charge in [0.1, 0.15) is 12.2 Å². The van der Waals surface area contributed by atoms with Crippen molar-refractivity contribution in [2.24, 2.45) is 0 Å². The van der Waals surface area contributed by atoms with E-state index in [0.29, 0.717) is 30.1 Å². The molecule has 0 aliphatic carbocycles. The Morgan fingerprint density at radius 3 is 2.40 bits per heavy atom. The van der Waals surface area contributed by atoms with E-state index in [2.05, 4.69) is 25.8 Å². The van der Waals surface area contributed by atoms with Gasteiger partial charge in [-0.25, -0.2) is 4.98 Å². The minimum absolute atomic E-state index is 0.0214. The molecule has 0 bridgehead atoms. The number of carbonyl (C=O) groups excluding carboxylic acids is 1. The average Bonchev–Trinajstić information content (AvgIpc) is 2.57. The first kappa shape index (κ1) is 17.0. The van der Waals surface area contributed by atoms with Crippen molar-refractivity contribution in [2.75, 3.05) is 13.1 Å². The minimum atomic E-state index is -0.0572. The van der Waals surface area contributed by atoms with Gasteiger partial charge in [-0.2, -0.15) is 5.26 Å². The van der Waals surface area contributed by atoms with Crippen LogP contribution in [0.15, 0.2) is 42.6 Å². The molecule has 1 amide bonds. The average molecular weight is 335 g/mol. The molecule has 3 rings (SSSR count). The number of likely N-dealkylation sites (tertiary alicyclic amines) is 1. The van der Waals surface area contributed by atoms with E-state index in [9.17, 15) is 4.79 Å². The third-order valence-electron chi connectivity index (χ3n) is 4.29. The number of nitriles is 1. The fourth-order valence-electron chi connectivity index (χ4n) is 2.66. The number of nitrogens with zero attached hydrogens (tertiary/aromatic N) is 3. The van der Waals surface area contributed by atoms with Crippen molar-refractivity contribution in [1.82, 2.24) is 9.88 Å². The number of hydrogen-bond acceptors (Lipinski definition) is 4. The molecule has 0 saturated carbocycles. The zero-order valence-electron chi connectivity index (χ0n) is 14.7. The lowest BCUT2D eigenvalue weighted by atomic mass is 9.86. The maximum absolute atomic E-state index is 12.5.